The molecule has 2 fully saturated rings. The van der Waals surface area contributed by atoms with Crippen molar-refractivity contribution < 1.29 is 14.6 Å². The van der Waals surface area contributed by atoms with Crippen LogP contribution in [0.4, 0.5) is 16.2 Å². The van der Waals surface area contributed by atoms with Gasteiger partial charge in [0.05, 0.1) is 12.6 Å². The van der Waals surface area contributed by atoms with Crippen molar-refractivity contribution in [2.24, 2.45) is 5.41 Å². The number of rotatable bonds is 3. The zero-order chi connectivity index (χ0) is 14.3. The number of aliphatic hydroxyl groups excluding tert-OH is 1. The van der Waals surface area contributed by atoms with Crippen molar-refractivity contribution in [3.8, 4) is 0 Å². The number of benzene rings is 1. The number of carbonyl (C=O) groups excluding carboxylic acids is 1. The highest BCUT2D eigenvalue weighted by atomic mass is 16.6. The van der Waals surface area contributed by atoms with Crippen LogP contribution in [0.1, 0.15) is 20.3 Å². The van der Waals surface area contributed by atoms with Crippen LogP contribution in [0.3, 0.4) is 0 Å². The molecule has 20 heavy (non-hydrogen) atoms. The number of amides is 1. The summed E-state index contributed by atoms with van der Waals surface area (Å²) in [6, 6.07) is 8.00. The van der Waals surface area contributed by atoms with Crippen LogP contribution in [0.15, 0.2) is 24.3 Å². The molecule has 5 heteroatoms. The number of carbonyl (C=O) groups is 1. The largest absolute Gasteiger partial charge is 0.447 e. The molecule has 1 saturated heterocycles. The van der Waals surface area contributed by atoms with E-state index in [1.54, 1.807) is 4.90 Å². The molecule has 0 spiro atoms. The van der Waals surface area contributed by atoms with E-state index in [2.05, 4.69) is 19.2 Å². The van der Waals surface area contributed by atoms with Crippen molar-refractivity contribution >= 4 is 17.5 Å². The van der Waals surface area contributed by atoms with Crippen LogP contribution in [0.25, 0.3) is 0 Å². The Morgan fingerprint density at radius 3 is 2.85 bits per heavy atom. The summed E-state index contributed by atoms with van der Waals surface area (Å²) in [7, 11) is 0. The molecule has 0 aromatic heterocycles. The maximum absolute atomic E-state index is 11.6. The topological polar surface area (TPSA) is 61.8 Å². The molecule has 2 aliphatic rings. The van der Waals surface area contributed by atoms with E-state index in [1.165, 1.54) is 0 Å². The number of hydrogen-bond donors (Lipinski definition) is 2. The van der Waals surface area contributed by atoms with E-state index in [0.717, 1.165) is 17.8 Å². The van der Waals surface area contributed by atoms with Crippen LogP contribution in [-0.2, 0) is 4.74 Å². The van der Waals surface area contributed by atoms with E-state index in [9.17, 15) is 9.90 Å². The molecule has 5 nitrogen and oxygen atoms in total. The first kappa shape index (κ1) is 13.2. The first-order chi connectivity index (χ1) is 9.48. The highest BCUT2D eigenvalue weighted by Gasteiger charge is 2.47. The van der Waals surface area contributed by atoms with Gasteiger partial charge in [0.25, 0.3) is 0 Å². The average molecular weight is 276 g/mol. The number of anilines is 2. The van der Waals surface area contributed by atoms with Crippen molar-refractivity contribution in [2.75, 3.05) is 23.4 Å². The molecule has 1 heterocycles. The van der Waals surface area contributed by atoms with Crippen LogP contribution in [0.5, 0.6) is 0 Å². The number of hydrogen-bond acceptors (Lipinski definition) is 4. The lowest BCUT2D eigenvalue weighted by Crippen LogP contribution is -2.56. The number of ether oxygens (including phenoxy) is 1. The third-order valence-electron chi connectivity index (χ3n) is 4.48. The zero-order valence-corrected chi connectivity index (χ0v) is 11.8. The third kappa shape index (κ3) is 2.12. The molecule has 108 valence electrons. The lowest BCUT2D eigenvalue weighted by atomic mass is 9.64. The third-order valence-corrected chi connectivity index (χ3v) is 4.48. The minimum absolute atomic E-state index is 0.122. The van der Waals surface area contributed by atoms with Gasteiger partial charge in [-0.3, -0.25) is 4.90 Å². The molecule has 3 rings (SSSR count). The normalized spacial score (nSPS) is 27.9. The smallest absolute Gasteiger partial charge is 0.414 e. The molecule has 1 aromatic rings. The van der Waals surface area contributed by atoms with Gasteiger partial charge in [-0.2, -0.15) is 0 Å². The van der Waals surface area contributed by atoms with E-state index < -0.39 is 0 Å². The van der Waals surface area contributed by atoms with Crippen molar-refractivity contribution in [3.05, 3.63) is 24.3 Å². The summed E-state index contributed by atoms with van der Waals surface area (Å²) >= 11 is 0. The van der Waals surface area contributed by atoms with Gasteiger partial charge >= 0.3 is 6.09 Å². The fourth-order valence-electron chi connectivity index (χ4n) is 2.74. The Kier molecular flexibility index (Phi) is 3.09. The molecule has 2 unspecified atom stereocenters. The zero-order valence-electron chi connectivity index (χ0n) is 11.8. The fraction of sp³-hybridized carbons (Fsp3) is 0.533. The van der Waals surface area contributed by atoms with Crippen LogP contribution in [0, 0.1) is 5.41 Å². The van der Waals surface area contributed by atoms with Crippen molar-refractivity contribution in [2.45, 2.75) is 32.4 Å². The SMILES string of the molecule is CC1(C)C(O)CC1Nc1cccc(N2CCOC2=O)c1. The maximum atomic E-state index is 11.6. The molecule has 1 aliphatic heterocycles. The summed E-state index contributed by atoms with van der Waals surface area (Å²) < 4.78 is 4.95. The standard InChI is InChI=1S/C15H20N2O3/c1-15(2)12(9-13(15)18)16-10-4-3-5-11(8-10)17-6-7-20-14(17)19/h3-5,8,12-13,16,18H,6-7,9H2,1-2H3. The van der Waals surface area contributed by atoms with Gasteiger partial charge in [0, 0.05) is 22.8 Å². The van der Waals surface area contributed by atoms with Crippen molar-refractivity contribution in [1.82, 2.24) is 0 Å². The summed E-state index contributed by atoms with van der Waals surface area (Å²) in [5, 5.41) is 13.2. The highest BCUT2D eigenvalue weighted by molar-refractivity contribution is 5.89. The van der Waals surface area contributed by atoms with Crippen LogP contribution in [0.2, 0.25) is 0 Å². The molecule has 1 amide bonds. The molecule has 2 atom stereocenters. The number of cyclic esters (lactones) is 1. The van der Waals surface area contributed by atoms with Crippen LogP contribution in [-0.4, -0.2) is 36.5 Å². The fourth-order valence-corrected chi connectivity index (χ4v) is 2.74. The number of nitrogens with zero attached hydrogens (tertiary/aromatic N) is 1. The molecule has 1 saturated carbocycles. The van der Waals surface area contributed by atoms with E-state index in [0.29, 0.717) is 13.2 Å². The summed E-state index contributed by atoms with van der Waals surface area (Å²) in [4.78, 5) is 13.2. The first-order valence-electron chi connectivity index (χ1n) is 6.97. The quantitative estimate of drug-likeness (QED) is 0.888. The predicted molar refractivity (Wildman–Crippen MR) is 77.0 cm³/mol. The van der Waals surface area contributed by atoms with E-state index in [1.807, 2.05) is 24.3 Å². The van der Waals surface area contributed by atoms with Gasteiger partial charge in [-0.25, -0.2) is 4.79 Å². The summed E-state index contributed by atoms with van der Waals surface area (Å²) in [6.07, 6.45) is 0.210. The summed E-state index contributed by atoms with van der Waals surface area (Å²) in [5.41, 5.74) is 1.69. The average Bonchev–Trinajstić information content (AvgIpc) is 2.85. The van der Waals surface area contributed by atoms with Gasteiger partial charge in [-0.1, -0.05) is 19.9 Å². The molecule has 0 bridgehead atoms. The first-order valence-corrected chi connectivity index (χ1v) is 6.97. The lowest BCUT2D eigenvalue weighted by Gasteiger charge is -2.49. The molecular weight excluding hydrogens is 256 g/mol. The van der Waals surface area contributed by atoms with Crippen molar-refractivity contribution in [3.63, 3.8) is 0 Å². The molecule has 2 N–H and O–H groups in total. The summed E-state index contributed by atoms with van der Waals surface area (Å²) in [6.45, 7) is 5.15. The van der Waals surface area contributed by atoms with Crippen LogP contribution < -0.4 is 10.2 Å². The molecule has 1 aromatic carbocycles. The Balaban J connectivity index is 1.74. The van der Waals surface area contributed by atoms with E-state index in [-0.39, 0.29) is 23.7 Å². The van der Waals surface area contributed by atoms with E-state index >= 15 is 0 Å². The minimum atomic E-state index is -0.290. The van der Waals surface area contributed by atoms with Crippen LogP contribution >= 0.6 is 0 Å². The van der Waals surface area contributed by atoms with Gasteiger partial charge < -0.3 is 15.2 Å². The van der Waals surface area contributed by atoms with Gasteiger partial charge in [0.2, 0.25) is 0 Å². The second-order valence-electron chi connectivity index (χ2n) is 6.09. The van der Waals surface area contributed by atoms with Gasteiger partial charge in [-0.05, 0) is 24.6 Å². The second kappa shape index (κ2) is 4.66. The van der Waals surface area contributed by atoms with Gasteiger partial charge in [-0.15, -0.1) is 0 Å². The Hall–Kier alpha value is -1.75. The maximum Gasteiger partial charge on any atom is 0.414 e. The van der Waals surface area contributed by atoms with E-state index in [4.69, 9.17) is 4.74 Å². The highest BCUT2D eigenvalue weighted by Crippen LogP contribution is 2.42. The molecular formula is C15H20N2O3. The van der Waals surface area contributed by atoms with Gasteiger partial charge in [0.15, 0.2) is 0 Å². The van der Waals surface area contributed by atoms with Gasteiger partial charge in [0.1, 0.15) is 6.61 Å². The van der Waals surface area contributed by atoms with Crippen molar-refractivity contribution in [1.29, 1.82) is 0 Å². The number of aliphatic hydroxyl groups is 1. The predicted octanol–water partition coefficient (Wildman–Crippen LogP) is 2.21. The Labute approximate surface area is 118 Å². The second-order valence-corrected chi connectivity index (χ2v) is 6.09. The Morgan fingerprint density at radius 2 is 2.25 bits per heavy atom. The number of nitrogens with one attached hydrogen (secondary N) is 1. The monoisotopic (exact) mass is 276 g/mol. The molecule has 0 radical (unpaired) electrons. The minimum Gasteiger partial charge on any atom is -0.447 e. The lowest BCUT2D eigenvalue weighted by molar-refractivity contribution is -0.0510. The molecule has 1 aliphatic carbocycles. The summed E-state index contributed by atoms with van der Waals surface area (Å²) in [5.74, 6) is 0. The Bertz CT molecular complexity index is 530. The Morgan fingerprint density at radius 1 is 1.45 bits per heavy atom.